The summed E-state index contributed by atoms with van der Waals surface area (Å²) in [5, 5.41) is 12.7. The summed E-state index contributed by atoms with van der Waals surface area (Å²) in [4.78, 5) is 16.1. The van der Waals surface area contributed by atoms with Crippen molar-refractivity contribution in [1.82, 2.24) is 5.06 Å². The molecular weight excluding hydrogens is 284 g/mol. The smallest absolute Gasteiger partial charge is 0.269 e. The summed E-state index contributed by atoms with van der Waals surface area (Å²) >= 11 is 0. The van der Waals surface area contributed by atoms with E-state index in [4.69, 9.17) is 9.57 Å². The molecule has 0 bridgehead atoms. The highest BCUT2D eigenvalue weighted by Crippen LogP contribution is 2.25. The average molecular weight is 308 g/mol. The number of hydrogen-bond acceptors (Lipinski definition) is 5. The Morgan fingerprint density at radius 3 is 2.73 bits per heavy atom. The van der Waals surface area contributed by atoms with Crippen molar-refractivity contribution in [2.75, 3.05) is 20.3 Å². The van der Waals surface area contributed by atoms with Gasteiger partial charge in [-0.15, -0.1) is 0 Å². The lowest BCUT2D eigenvalue weighted by Gasteiger charge is -2.30. The van der Waals surface area contributed by atoms with Crippen LogP contribution in [0.15, 0.2) is 24.3 Å². The van der Waals surface area contributed by atoms with Gasteiger partial charge in [0.2, 0.25) is 0 Å². The molecule has 1 saturated heterocycles. The highest BCUT2D eigenvalue weighted by molar-refractivity contribution is 5.33. The first-order chi connectivity index (χ1) is 10.7. The number of nitro groups is 1. The van der Waals surface area contributed by atoms with Crippen LogP contribution >= 0.6 is 0 Å². The fourth-order valence-corrected chi connectivity index (χ4v) is 2.87. The van der Waals surface area contributed by atoms with Crippen molar-refractivity contribution in [2.45, 2.75) is 44.8 Å². The number of methoxy groups -OCH3 is 1. The fourth-order valence-electron chi connectivity index (χ4n) is 2.87. The first kappa shape index (κ1) is 16.9. The zero-order chi connectivity index (χ0) is 15.9. The van der Waals surface area contributed by atoms with Gasteiger partial charge in [0.05, 0.1) is 23.7 Å². The fraction of sp³-hybridized carbons (Fsp3) is 0.625. The lowest BCUT2D eigenvalue weighted by atomic mass is 10.0. The summed E-state index contributed by atoms with van der Waals surface area (Å²) in [6.45, 7) is 3.75. The van der Waals surface area contributed by atoms with Crippen molar-refractivity contribution in [3.8, 4) is 0 Å². The lowest BCUT2D eigenvalue weighted by Crippen LogP contribution is -2.41. The Balaban J connectivity index is 2.00. The predicted molar refractivity (Wildman–Crippen MR) is 83.6 cm³/mol. The Hall–Kier alpha value is -1.50. The topological polar surface area (TPSA) is 64.8 Å². The van der Waals surface area contributed by atoms with Gasteiger partial charge in [0.1, 0.15) is 0 Å². The molecule has 0 aromatic heterocycles. The molecule has 2 atom stereocenters. The van der Waals surface area contributed by atoms with Crippen molar-refractivity contribution in [3.05, 3.63) is 39.9 Å². The number of hydrogen-bond donors (Lipinski definition) is 0. The Kier molecular flexibility index (Phi) is 6.30. The summed E-state index contributed by atoms with van der Waals surface area (Å²) in [5.74, 6) is 0. The van der Waals surface area contributed by atoms with E-state index in [1.165, 1.54) is 0 Å². The quantitative estimate of drug-likeness (QED) is 0.545. The second-order valence-corrected chi connectivity index (χ2v) is 5.59. The molecule has 0 radical (unpaired) electrons. The molecule has 1 heterocycles. The summed E-state index contributed by atoms with van der Waals surface area (Å²) in [6.07, 6.45) is 3.90. The van der Waals surface area contributed by atoms with Gasteiger partial charge < -0.3 is 4.74 Å². The van der Waals surface area contributed by atoms with E-state index in [0.717, 1.165) is 44.4 Å². The van der Waals surface area contributed by atoms with Crippen LogP contribution in [0.3, 0.4) is 0 Å². The highest BCUT2D eigenvalue weighted by Gasteiger charge is 2.32. The van der Waals surface area contributed by atoms with E-state index < -0.39 is 0 Å². The van der Waals surface area contributed by atoms with E-state index in [0.29, 0.717) is 0 Å². The van der Waals surface area contributed by atoms with Crippen LogP contribution in [-0.4, -0.2) is 42.4 Å². The first-order valence-corrected chi connectivity index (χ1v) is 7.81. The molecule has 122 valence electrons. The molecule has 0 N–H and O–H groups in total. The van der Waals surface area contributed by atoms with E-state index in [1.807, 2.05) is 5.06 Å². The van der Waals surface area contributed by atoms with Crippen LogP contribution in [0.2, 0.25) is 0 Å². The first-order valence-electron chi connectivity index (χ1n) is 7.81. The van der Waals surface area contributed by atoms with Crippen LogP contribution in [0.4, 0.5) is 5.69 Å². The maximum absolute atomic E-state index is 10.7. The Bertz CT molecular complexity index is 478. The third-order valence-corrected chi connectivity index (χ3v) is 4.03. The van der Waals surface area contributed by atoms with Gasteiger partial charge in [0.25, 0.3) is 5.69 Å². The molecule has 0 saturated carbocycles. The minimum Gasteiger partial charge on any atom is -0.379 e. The standard InChI is InChI=1S/C16H24N2O4/c1-3-11-22-17-10-4-5-15(17)16(21-2)12-13-6-8-14(9-7-13)18(19)20/h6-9,15-16H,3-5,10-12H2,1-2H3/t15-,16+/m1/s1. The molecule has 6 heteroatoms. The van der Waals surface area contributed by atoms with Gasteiger partial charge in [-0.25, -0.2) is 0 Å². The van der Waals surface area contributed by atoms with E-state index in [-0.39, 0.29) is 22.8 Å². The van der Waals surface area contributed by atoms with Crippen molar-refractivity contribution in [1.29, 1.82) is 0 Å². The van der Waals surface area contributed by atoms with Gasteiger partial charge in [0.15, 0.2) is 0 Å². The van der Waals surface area contributed by atoms with Gasteiger partial charge in [-0.05, 0) is 24.8 Å². The Labute approximate surface area is 131 Å². The maximum atomic E-state index is 10.7. The van der Waals surface area contributed by atoms with Crippen molar-refractivity contribution in [3.63, 3.8) is 0 Å². The number of non-ortho nitro benzene ring substituents is 1. The number of hydroxylamine groups is 2. The van der Waals surface area contributed by atoms with Crippen molar-refractivity contribution >= 4 is 5.69 Å². The third-order valence-electron chi connectivity index (χ3n) is 4.03. The summed E-state index contributed by atoms with van der Waals surface area (Å²) in [5.41, 5.74) is 1.16. The molecule has 1 aliphatic heterocycles. The van der Waals surface area contributed by atoms with Crippen LogP contribution in [-0.2, 0) is 16.0 Å². The molecule has 22 heavy (non-hydrogen) atoms. The third kappa shape index (κ3) is 4.25. The molecule has 0 aliphatic carbocycles. The van der Waals surface area contributed by atoms with E-state index in [1.54, 1.807) is 31.4 Å². The molecule has 2 rings (SSSR count). The lowest BCUT2D eigenvalue weighted by molar-refractivity contribution is -0.384. The number of nitrogens with zero attached hydrogens (tertiary/aromatic N) is 2. The van der Waals surface area contributed by atoms with Crippen LogP contribution < -0.4 is 0 Å². The van der Waals surface area contributed by atoms with Gasteiger partial charge in [-0.3, -0.25) is 15.0 Å². The molecule has 6 nitrogen and oxygen atoms in total. The molecule has 0 spiro atoms. The molecule has 1 fully saturated rings. The number of nitro benzene ring substituents is 1. The van der Waals surface area contributed by atoms with Gasteiger partial charge in [-0.1, -0.05) is 19.1 Å². The maximum Gasteiger partial charge on any atom is 0.269 e. The number of rotatable bonds is 8. The van der Waals surface area contributed by atoms with Crippen molar-refractivity contribution < 1.29 is 14.5 Å². The molecule has 1 aromatic carbocycles. The number of ether oxygens (including phenoxy) is 1. The van der Waals surface area contributed by atoms with E-state index >= 15 is 0 Å². The summed E-state index contributed by atoms with van der Waals surface area (Å²) in [7, 11) is 1.71. The zero-order valence-corrected chi connectivity index (χ0v) is 13.2. The van der Waals surface area contributed by atoms with Crippen LogP contribution in [0.25, 0.3) is 0 Å². The van der Waals surface area contributed by atoms with Crippen LogP contribution in [0, 0.1) is 10.1 Å². The molecule has 0 unspecified atom stereocenters. The van der Waals surface area contributed by atoms with Crippen LogP contribution in [0.5, 0.6) is 0 Å². The minimum absolute atomic E-state index is 0.0285. The Morgan fingerprint density at radius 1 is 1.41 bits per heavy atom. The molecule has 1 aliphatic rings. The van der Waals surface area contributed by atoms with Gasteiger partial charge in [0, 0.05) is 32.2 Å². The number of benzene rings is 1. The second kappa shape index (κ2) is 8.22. The monoisotopic (exact) mass is 308 g/mol. The average Bonchev–Trinajstić information content (AvgIpc) is 2.99. The van der Waals surface area contributed by atoms with Gasteiger partial charge >= 0.3 is 0 Å². The second-order valence-electron chi connectivity index (χ2n) is 5.59. The SMILES string of the molecule is CCCON1CCC[C@@H]1[C@H](Cc1ccc([N+](=O)[O-])cc1)OC. The van der Waals surface area contributed by atoms with Crippen molar-refractivity contribution in [2.24, 2.45) is 0 Å². The highest BCUT2D eigenvalue weighted by atomic mass is 16.7. The van der Waals surface area contributed by atoms with Crippen LogP contribution in [0.1, 0.15) is 31.7 Å². The molecule has 0 amide bonds. The summed E-state index contributed by atoms with van der Waals surface area (Å²) < 4.78 is 5.67. The van der Waals surface area contributed by atoms with E-state index in [9.17, 15) is 10.1 Å². The molecular formula is C16H24N2O4. The largest absolute Gasteiger partial charge is 0.379 e. The molecule has 1 aromatic rings. The minimum atomic E-state index is -0.380. The van der Waals surface area contributed by atoms with E-state index in [2.05, 4.69) is 6.92 Å². The predicted octanol–water partition coefficient (Wildman–Crippen LogP) is 2.96. The normalized spacial score (nSPS) is 20.2. The summed E-state index contributed by atoms with van der Waals surface area (Å²) in [6, 6.07) is 6.93. The Morgan fingerprint density at radius 2 is 2.14 bits per heavy atom. The van der Waals surface area contributed by atoms with Gasteiger partial charge in [-0.2, -0.15) is 5.06 Å². The zero-order valence-electron chi connectivity index (χ0n) is 13.2.